The Balaban J connectivity index is 1.45. The van der Waals surface area contributed by atoms with Gasteiger partial charge in [0.2, 0.25) is 10.1 Å². The van der Waals surface area contributed by atoms with Gasteiger partial charge in [0.25, 0.3) is 0 Å². The second kappa shape index (κ2) is 7.35. The van der Waals surface area contributed by atoms with Gasteiger partial charge in [-0.3, -0.25) is 0 Å². The van der Waals surface area contributed by atoms with Crippen LogP contribution in [0.3, 0.4) is 0 Å². The summed E-state index contributed by atoms with van der Waals surface area (Å²) in [5.74, 6) is 0. The number of aromatic nitrogens is 4. The summed E-state index contributed by atoms with van der Waals surface area (Å²) >= 11 is 9.11. The largest absolute Gasteiger partial charge is 0.347 e. The van der Waals surface area contributed by atoms with Crippen LogP contribution >= 0.6 is 34.3 Å². The Morgan fingerprint density at radius 1 is 1.04 bits per heavy atom. The first-order valence-corrected chi connectivity index (χ1v) is 10.7. The zero-order valence-electron chi connectivity index (χ0n) is 14.5. The maximum atomic E-state index is 5.97. The summed E-state index contributed by atoms with van der Waals surface area (Å²) in [5, 5.41) is 12.7. The number of hydrogen-bond donors (Lipinski definition) is 1. The van der Waals surface area contributed by atoms with E-state index in [-0.39, 0.29) is 6.04 Å². The number of thiazole rings is 1. The molecule has 8 heteroatoms. The van der Waals surface area contributed by atoms with Crippen LogP contribution in [0.5, 0.6) is 0 Å². The van der Waals surface area contributed by atoms with Gasteiger partial charge in [-0.15, -0.1) is 16.4 Å². The Kier molecular flexibility index (Phi) is 4.56. The third-order valence-corrected chi connectivity index (χ3v) is 6.23. The quantitative estimate of drug-likeness (QED) is 0.390. The van der Waals surface area contributed by atoms with Crippen LogP contribution in [-0.4, -0.2) is 19.6 Å². The molecule has 0 saturated carbocycles. The molecule has 0 amide bonds. The number of nitrogens with one attached hydrogen (secondary N) is 1. The smallest absolute Gasteiger partial charge is 0.214 e. The molecule has 0 aliphatic heterocycles. The Morgan fingerprint density at radius 3 is 2.57 bits per heavy atom. The lowest BCUT2D eigenvalue weighted by molar-refractivity contribution is 0.892. The van der Waals surface area contributed by atoms with Crippen molar-refractivity contribution in [2.45, 2.75) is 6.04 Å². The molecule has 3 aromatic heterocycles. The first-order chi connectivity index (χ1) is 13.8. The fourth-order valence-electron chi connectivity index (χ4n) is 2.95. The monoisotopic (exact) mass is 423 g/mol. The predicted molar refractivity (Wildman–Crippen MR) is 115 cm³/mol. The molecular weight excluding hydrogens is 410 g/mol. The Bertz CT molecular complexity index is 1170. The van der Waals surface area contributed by atoms with Gasteiger partial charge >= 0.3 is 0 Å². The number of fused-ring (bicyclic) bond motifs is 1. The number of imidazole rings is 1. The van der Waals surface area contributed by atoms with Crippen LogP contribution in [0, 0.1) is 0 Å². The normalized spacial score (nSPS) is 12.3. The molecule has 1 unspecified atom stereocenters. The van der Waals surface area contributed by atoms with Gasteiger partial charge in [-0.25, -0.2) is 14.5 Å². The topological polar surface area (TPSA) is 55.1 Å². The molecule has 0 aliphatic rings. The van der Waals surface area contributed by atoms with E-state index in [0.717, 1.165) is 31.9 Å². The highest BCUT2D eigenvalue weighted by atomic mass is 35.5. The molecule has 5 nitrogen and oxygen atoms in total. The molecule has 5 rings (SSSR count). The number of anilines is 1. The zero-order chi connectivity index (χ0) is 18.9. The lowest BCUT2D eigenvalue weighted by Crippen LogP contribution is -2.12. The minimum Gasteiger partial charge on any atom is -0.347 e. The van der Waals surface area contributed by atoms with Crippen molar-refractivity contribution in [2.24, 2.45) is 0 Å². The highest BCUT2D eigenvalue weighted by Gasteiger charge is 2.19. The van der Waals surface area contributed by atoms with Crippen molar-refractivity contribution in [3.63, 3.8) is 0 Å². The van der Waals surface area contributed by atoms with E-state index in [1.165, 1.54) is 11.3 Å². The molecule has 0 radical (unpaired) electrons. The van der Waals surface area contributed by atoms with Gasteiger partial charge in [-0.2, -0.15) is 0 Å². The van der Waals surface area contributed by atoms with E-state index in [4.69, 9.17) is 16.6 Å². The second-order valence-electron chi connectivity index (χ2n) is 6.13. The highest BCUT2D eigenvalue weighted by molar-refractivity contribution is 7.20. The van der Waals surface area contributed by atoms with Crippen LogP contribution in [0.15, 0.2) is 72.4 Å². The Hall–Kier alpha value is -2.74. The molecule has 0 aliphatic carbocycles. The molecule has 28 heavy (non-hydrogen) atoms. The average molecular weight is 424 g/mol. The highest BCUT2D eigenvalue weighted by Crippen LogP contribution is 2.31. The lowest BCUT2D eigenvalue weighted by Gasteiger charge is -2.15. The molecule has 0 fully saturated rings. The van der Waals surface area contributed by atoms with Crippen LogP contribution in [0.1, 0.15) is 16.6 Å². The molecule has 1 N–H and O–H groups in total. The summed E-state index contributed by atoms with van der Waals surface area (Å²) in [6.07, 6.45) is 3.76. The molecule has 3 heterocycles. The lowest BCUT2D eigenvalue weighted by atomic mass is 10.1. The number of benzene rings is 2. The molecular formula is C20H14ClN5S2. The SMILES string of the molecule is Clc1ccc(-c2cn3nc(NC(c4ccccc4)c4nccs4)sc3n2)cc1. The summed E-state index contributed by atoms with van der Waals surface area (Å²) in [4.78, 5) is 10.0. The number of rotatable bonds is 5. The summed E-state index contributed by atoms with van der Waals surface area (Å²) in [6, 6.07) is 17.9. The van der Waals surface area contributed by atoms with Gasteiger partial charge < -0.3 is 5.32 Å². The van der Waals surface area contributed by atoms with E-state index in [1.807, 2.05) is 60.2 Å². The van der Waals surface area contributed by atoms with Crippen molar-refractivity contribution in [3.8, 4) is 11.3 Å². The first-order valence-electron chi connectivity index (χ1n) is 8.59. The van der Waals surface area contributed by atoms with Crippen molar-refractivity contribution >= 4 is 44.4 Å². The van der Waals surface area contributed by atoms with Gasteiger partial charge in [-0.05, 0) is 17.7 Å². The van der Waals surface area contributed by atoms with Crippen LogP contribution in [-0.2, 0) is 0 Å². The van der Waals surface area contributed by atoms with Crippen molar-refractivity contribution < 1.29 is 0 Å². The number of halogens is 1. The average Bonchev–Trinajstić information content (AvgIpc) is 3.44. The summed E-state index contributed by atoms with van der Waals surface area (Å²) in [6.45, 7) is 0. The van der Waals surface area contributed by atoms with Crippen LogP contribution in [0.4, 0.5) is 5.13 Å². The Labute approximate surface area is 174 Å². The Morgan fingerprint density at radius 2 is 1.86 bits per heavy atom. The molecule has 5 aromatic rings. The van der Waals surface area contributed by atoms with Crippen molar-refractivity contribution in [1.82, 2.24) is 19.6 Å². The van der Waals surface area contributed by atoms with E-state index < -0.39 is 0 Å². The van der Waals surface area contributed by atoms with Crippen molar-refractivity contribution in [1.29, 1.82) is 0 Å². The molecule has 2 aromatic carbocycles. The molecule has 138 valence electrons. The van der Waals surface area contributed by atoms with Crippen molar-refractivity contribution in [2.75, 3.05) is 5.32 Å². The molecule has 0 saturated heterocycles. The van der Waals surface area contributed by atoms with Crippen LogP contribution < -0.4 is 5.32 Å². The second-order valence-corrected chi connectivity index (χ2v) is 8.44. The fourth-order valence-corrected chi connectivity index (χ4v) is 4.60. The minimum absolute atomic E-state index is 0.0483. The van der Waals surface area contributed by atoms with E-state index in [0.29, 0.717) is 5.02 Å². The molecule has 0 spiro atoms. The van der Waals surface area contributed by atoms with Gasteiger partial charge in [0, 0.05) is 22.2 Å². The number of nitrogens with zero attached hydrogens (tertiary/aromatic N) is 4. The predicted octanol–water partition coefficient (Wildman–Crippen LogP) is 5.77. The van der Waals surface area contributed by atoms with Crippen LogP contribution in [0.2, 0.25) is 5.02 Å². The molecule has 1 atom stereocenters. The third kappa shape index (κ3) is 3.40. The maximum absolute atomic E-state index is 5.97. The summed E-state index contributed by atoms with van der Waals surface area (Å²) < 4.78 is 1.81. The zero-order valence-corrected chi connectivity index (χ0v) is 16.9. The molecule has 0 bridgehead atoms. The number of hydrogen-bond acceptors (Lipinski definition) is 6. The third-order valence-electron chi connectivity index (χ3n) is 4.28. The van der Waals surface area contributed by atoms with Gasteiger partial charge in [0.1, 0.15) is 11.0 Å². The van der Waals surface area contributed by atoms with E-state index in [9.17, 15) is 0 Å². The first kappa shape index (κ1) is 17.4. The maximum Gasteiger partial charge on any atom is 0.214 e. The fraction of sp³-hybridized carbons (Fsp3) is 0.0500. The van der Waals surface area contributed by atoms with Gasteiger partial charge in [0.15, 0.2) is 0 Å². The summed E-state index contributed by atoms with van der Waals surface area (Å²) in [5.41, 5.74) is 3.04. The summed E-state index contributed by atoms with van der Waals surface area (Å²) in [7, 11) is 0. The van der Waals surface area contributed by atoms with Gasteiger partial charge in [-0.1, -0.05) is 65.4 Å². The standard InChI is InChI=1S/C20H14ClN5S2/c21-15-8-6-13(7-9-15)16-12-26-20(23-16)28-19(25-26)24-17(18-22-10-11-27-18)14-4-2-1-3-5-14/h1-12,17H,(H,24,25). The van der Waals surface area contributed by atoms with E-state index in [2.05, 4.69) is 27.5 Å². The van der Waals surface area contributed by atoms with E-state index in [1.54, 1.807) is 15.9 Å². The van der Waals surface area contributed by atoms with Crippen LogP contribution in [0.25, 0.3) is 16.2 Å². The van der Waals surface area contributed by atoms with Crippen molar-refractivity contribution in [3.05, 3.63) is 88.0 Å². The van der Waals surface area contributed by atoms with E-state index >= 15 is 0 Å². The minimum atomic E-state index is -0.0483. The van der Waals surface area contributed by atoms with Gasteiger partial charge in [0.05, 0.1) is 11.9 Å².